The molecule has 2 rings (SSSR count). The van der Waals surface area contributed by atoms with E-state index in [4.69, 9.17) is 17.3 Å². The lowest BCUT2D eigenvalue weighted by Gasteiger charge is -2.20. The molecule has 0 aromatic heterocycles. The zero-order valence-corrected chi connectivity index (χ0v) is 11.5. The van der Waals surface area contributed by atoms with Gasteiger partial charge in [-0.05, 0) is 35.7 Å². The Morgan fingerprint density at radius 2 is 1.60 bits per heavy atom. The van der Waals surface area contributed by atoms with E-state index in [9.17, 15) is 13.2 Å². The molecule has 2 aromatic rings. The molecule has 0 aliphatic carbocycles. The number of benzene rings is 2. The van der Waals surface area contributed by atoms with E-state index in [-0.39, 0.29) is 5.56 Å². The molecular weight excluding hydrogens is 287 g/mol. The average Bonchev–Trinajstić information content (AvgIpc) is 2.40. The van der Waals surface area contributed by atoms with Crippen LogP contribution in [0.1, 0.15) is 28.3 Å². The summed E-state index contributed by atoms with van der Waals surface area (Å²) in [6.45, 7) is 1.74. The summed E-state index contributed by atoms with van der Waals surface area (Å²) in [6.07, 6.45) is -4.43. The SMILES string of the molecule is Cc1c(Cl)cccc1C(N)c1ccccc1C(F)(F)F. The largest absolute Gasteiger partial charge is 0.416 e. The maximum atomic E-state index is 13.0. The maximum Gasteiger partial charge on any atom is 0.416 e. The van der Waals surface area contributed by atoms with E-state index in [1.807, 2.05) is 0 Å². The molecule has 1 nitrogen and oxygen atoms in total. The highest BCUT2D eigenvalue weighted by Gasteiger charge is 2.34. The lowest BCUT2D eigenvalue weighted by molar-refractivity contribution is -0.138. The van der Waals surface area contributed by atoms with E-state index >= 15 is 0 Å². The molecule has 106 valence electrons. The predicted molar refractivity (Wildman–Crippen MR) is 73.7 cm³/mol. The van der Waals surface area contributed by atoms with Gasteiger partial charge in [-0.2, -0.15) is 13.2 Å². The summed E-state index contributed by atoms with van der Waals surface area (Å²) < 4.78 is 39.1. The first-order chi connectivity index (χ1) is 9.32. The first kappa shape index (κ1) is 14.9. The van der Waals surface area contributed by atoms with Crippen LogP contribution < -0.4 is 5.73 Å². The molecular formula is C15H13ClF3N. The smallest absolute Gasteiger partial charge is 0.320 e. The van der Waals surface area contributed by atoms with Crippen molar-refractivity contribution in [1.29, 1.82) is 0 Å². The van der Waals surface area contributed by atoms with Gasteiger partial charge in [0.15, 0.2) is 0 Å². The second-order valence-corrected chi connectivity index (χ2v) is 4.92. The molecule has 0 heterocycles. The Kier molecular flexibility index (Phi) is 4.06. The van der Waals surface area contributed by atoms with Crippen LogP contribution in [0.5, 0.6) is 0 Å². The fourth-order valence-electron chi connectivity index (χ4n) is 2.15. The summed E-state index contributed by atoms with van der Waals surface area (Å²) in [6, 6.07) is 9.52. The molecule has 0 spiro atoms. The Morgan fingerprint density at radius 1 is 1.00 bits per heavy atom. The van der Waals surface area contributed by atoms with Gasteiger partial charge < -0.3 is 5.73 Å². The van der Waals surface area contributed by atoms with Crippen molar-refractivity contribution in [3.05, 3.63) is 69.7 Å². The van der Waals surface area contributed by atoms with Crippen LogP contribution in [0.4, 0.5) is 13.2 Å². The lowest BCUT2D eigenvalue weighted by Crippen LogP contribution is -2.19. The minimum atomic E-state index is -4.43. The van der Waals surface area contributed by atoms with Crippen LogP contribution in [0.25, 0.3) is 0 Å². The first-order valence-electron chi connectivity index (χ1n) is 5.99. The quantitative estimate of drug-likeness (QED) is 0.853. The van der Waals surface area contributed by atoms with Gasteiger partial charge in [0, 0.05) is 5.02 Å². The van der Waals surface area contributed by atoms with Crippen molar-refractivity contribution in [1.82, 2.24) is 0 Å². The van der Waals surface area contributed by atoms with E-state index in [1.165, 1.54) is 12.1 Å². The van der Waals surface area contributed by atoms with Crippen LogP contribution in [0.2, 0.25) is 5.02 Å². The average molecular weight is 300 g/mol. The van der Waals surface area contributed by atoms with E-state index in [2.05, 4.69) is 0 Å². The van der Waals surface area contributed by atoms with Crippen LogP contribution >= 0.6 is 11.6 Å². The van der Waals surface area contributed by atoms with Crippen molar-refractivity contribution in [3.63, 3.8) is 0 Å². The molecule has 1 atom stereocenters. The molecule has 5 heteroatoms. The fourth-order valence-corrected chi connectivity index (χ4v) is 2.34. The fraction of sp³-hybridized carbons (Fsp3) is 0.200. The van der Waals surface area contributed by atoms with Crippen LogP contribution in [-0.2, 0) is 6.18 Å². The van der Waals surface area contributed by atoms with Crippen LogP contribution in [0.15, 0.2) is 42.5 Å². The minimum absolute atomic E-state index is 0.0466. The van der Waals surface area contributed by atoms with Crippen LogP contribution in [-0.4, -0.2) is 0 Å². The minimum Gasteiger partial charge on any atom is -0.320 e. The number of hydrogen-bond acceptors (Lipinski definition) is 1. The van der Waals surface area contributed by atoms with Crippen LogP contribution in [0, 0.1) is 6.92 Å². The van der Waals surface area contributed by atoms with Crippen molar-refractivity contribution < 1.29 is 13.2 Å². The second kappa shape index (κ2) is 5.46. The first-order valence-corrected chi connectivity index (χ1v) is 6.37. The van der Waals surface area contributed by atoms with Gasteiger partial charge in [-0.15, -0.1) is 0 Å². The lowest BCUT2D eigenvalue weighted by atomic mass is 9.92. The zero-order chi connectivity index (χ0) is 14.9. The molecule has 0 amide bonds. The Labute approximate surface area is 120 Å². The van der Waals surface area contributed by atoms with Gasteiger partial charge in [0.2, 0.25) is 0 Å². The van der Waals surface area contributed by atoms with Gasteiger partial charge in [0.25, 0.3) is 0 Å². The summed E-state index contributed by atoms with van der Waals surface area (Å²) in [5, 5.41) is 0.488. The summed E-state index contributed by atoms with van der Waals surface area (Å²) in [7, 11) is 0. The Balaban J connectivity index is 2.55. The molecule has 0 saturated carbocycles. The molecule has 0 bridgehead atoms. The van der Waals surface area contributed by atoms with Crippen molar-refractivity contribution in [2.24, 2.45) is 5.73 Å². The van der Waals surface area contributed by atoms with Crippen LogP contribution in [0.3, 0.4) is 0 Å². The normalized spacial score (nSPS) is 13.3. The summed E-state index contributed by atoms with van der Waals surface area (Å²) in [4.78, 5) is 0. The molecule has 0 fully saturated rings. The number of nitrogens with two attached hydrogens (primary N) is 1. The molecule has 0 saturated heterocycles. The van der Waals surface area contributed by atoms with E-state index in [0.717, 1.165) is 6.07 Å². The summed E-state index contributed by atoms with van der Waals surface area (Å²) in [5.41, 5.74) is 6.64. The molecule has 2 N–H and O–H groups in total. The second-order valence-electron chi connectivity index (χ2n) is 4.52. The van der Waals surface area contributed by atoms with Crippen molar-refractivity contribution in [2.45, 2.75) is 19.1 Å². The maximum absolute atomic E-state index is 13.0. The highest BCUT2D eigenvalue weighted by Crippen LogP contribution is 2.36. The summed E-state index contributed by atoms with van der Waals surface area (Å²) >= 11 is 6.00. The van der Waals surface area contributed by atoms with Gasteiger partial charge >= 0.3 is 6.18 Å². The van der Waals surface area contributed by atoms with Crippen molar-refractivity contribution in [3.8, 4) is 0 Å². The molecule has 0 aliphatic heterocycles. The van der Waals surface area contributed by atoms with Gasteiger partial charge in [-0.1, -0.05) is 41.9 Å². The van der Waals surface area contributed by atoms with Crippen molar-refractivity contribution >= 4 is 11.6 Å². The molecule has 1 unspecified atom stereocenters. The van der Waals surface area contributed by atoms with E-state index in [1.54, 1.807) is 31.2 Å². The monoisotopic (exact) mass is 299 g/mol. The third-order valence-corrected chi connectivity index (χ3v) is 3.66. The van der Waals surface area contributed by atoms with E-state index < -0.39 is 17.8 Å². The summed E-state index contributed by atoms with van der Waals surface area (Å²) in [5.74, 6) is 0. The van der Waals surface area contributed by atoms with Gasteiger partial charge in [-0.3, -0.25) is 0 Å². The Morgan fingerprint density at radius 3 is 2.25 bits per heavy atom. The molecule has 20 heavy (non-hydrogen) atoms. The topological polar surface area (TPSA) is 26.0 Å². The van der Waals surface area contributed by atoms with Gasteiger partial charge in [0.05, 0.1) is 11.6 Å². The number of alkyl halides is 3. The number of rotatable bonds is 2. The molecule has 2 aromatic carbocycles. The van der Waals surface area contributed by atoms with Gasteiger partial charge in [-0.25, -0.2) is 0 Å². The van der Waals surface area contributed by atoms with Gasteiger partial charge in [0.1, 0.15) is 0 Å². The highest BCUT2D eigenvalue weighted by atomic mass is 35.5. The Hall–Kier alpha value is -1.52. The predicted octanol–water partition coefficient (Wildman–Crippen LogP) is 4.72. The number of hydrogen-bond donors (Lipinski definition) is 1. The highest BCUT2D eigenvalue weighted by molar-refractivity contribution is 6.31. The molecule has 0 radical (unpaired) electrons. The standard InChI is InChI=1S/C15H13ClF3N/c1-9-10(6-4-8-13(9)16)14(20)11-5-2-3-7-12(11)15(17,18)19/h2-8,14H,20H2,1H3. The van der Waals surface area contributed by atoms with Crippen molar-refractivity contribution in [2.75, 3.05) is 0 Å². The third kappa shape index (κ3) is 2.81. The third-order valence-electron chi connectivity index (χ3n) is 3.25. The van der Waals surface area contributed by atoms with E-state index in [0.29, 0.717) is 16.1 Å². The Bertz CT molecular complexity index is 623. The number of halogens is 4. The molecule has 0 aliphatic rings. The zero-order valence-electron chi connectivity index (χ0n) is 10.7.